The summed E-state index contributed by atoms with van der Waals surface area (Å²) >= 11 is 0. The van der Waals surface area contributed by atoms with Gasteiger partial charge in [0.1, 0.15) is 5.76 Å². The van der Waals surface area contributed by atoms with E-state index in [1.807, 2.05) is 6.07 Å². The summed E-state index contributed by atoms with van der Waals surface area (Å²) in [4.78, 5) is 2.52. The number of piperazine rings is 1. The average molecular weight is 295 g/mol. The Kier molecular flexibility index (Phi) is 7.30. The molecule has 2 rings (SSSR count). The number of hydrogen-bond donors (Lipinski definition) is 1. The van der Waals surface area contributed by atoms with E-state index in [0.29, 0.717) is 6.04 Å². The lowest BCUT2D eigenvalue weighted by molar-refractivity contribution is 0.0697. The molecule has 1 N–H and O–H groups in total. The molecule has 2 heterocycles. The Morgan fingerprint density at radius 3 is 2.28 bits per heavy atom. The Bertz CT molecular complexity index is 316. The minimum Gasteiger partial charge on any atom is -0.468 e. The highest BCUT2D eigenvalue weighted by molar-refractivity contribution is 5.85. The molecule has 0 saturated carbocycles. The Morgan fingerprint density at radius 2 is 1.83 bits per heavy atom. The van der Waals surface area contributed by atoms with E-state index >= 15 is 0 Å². The molecular formula is C13H24Cl2N2O. The van der Waals surface area contributed by atoms with Gasteiger partial charge in [-0.1, -0.05) is 20.8 Å². The van der Waals surface area contributed by atoms with Crippen LogP contribution in [0, 0.1) is 5.41 Å². The molecular weight excluding hydrogens is 271 g/mol. The lowest BCUT2D eigenvalue weighted by Crippen LogP contribution is -2.48. The monoisotopic (exact) mass is 294 g/mol. The second-order valence-electron chi connectivity index (χ2n) is 5.57. The molecule has 1 saturated heterocycles. The smallest absolute Gasteiger partial charge is 0.121 e. The van der Waals surface area contributed by atoms with Crippen molar-refractivity contribution in [3.63, 3.8) is 0 Å². The molecule has 0 aliphatic carbocycles. The zero-order chi connectivity index (χ0) is 11.6. The first-order valence-electron chi connectivity index (χ1n) is 6.07. The Hall–Kier alpha value is -0.220. The van der Waals surface area contributed by atoms with Crippen molar-refractivity contribution in [3.05, 3.63) is 24.2 Å². The summed E-state index contributed by atoms with van der Waals surface area (Å²) in [7, 11) is 0. The number of nitrogens with zero attached hydrogens (tertiary/aromatic N) is 1. The van der Waals surface area contributed by atoms with Crippen molar-refractivity contribution in [2.24, 2.45) is 5.41 Å². The molecule has 0 amide bonds. The zero-order valence-corrected chi connectivity index (χ0v) is 12.9. The van der Waals surface area contributed by atoms with Crippen LogP contribution in [0.15, 0.2) is 22.8 Å². The van der Waals surface area contributed by atoms with Crippen molar-refractivity contribution in [1.29, 1.82) is 0 Å². The van der Waals surface area contributed by atoms with Crippen LogP contribution in [0.5, 0.6) is 0 Å². The summed E-state index contributed by atoms with van der Waals surface area (Å²) in [6, 6.07) is 4.46. The number of hydrogen-bond acceptors (Lipinski definition) is 3. The molecule has 0 spiro atoms. The maximum Gasteiger partial charge on any atom is 0.121 e. The molecule has 1 aliphatic heterocycles. The molecule has 0 radical (unpaired) electrons. The van der Waals surface area contributed by atoms with E-state index in [1.54, 1.807) is 6.26 Å². The minimum atomic E-state index is 0. The van der Waals surface area contributed by atoms with E-state index in [2.05, 4.69) is 37.1 Å². The molecule has 1 atom stereocenters. The first-order valence-corrected chi connectivity index (χ1v) is 6.07. The Morgan fingerprint density at radius 1 is 1.22 bits per heavy atom. The molecule has 1 aliphatic rings. The molecule has 0 unspecified atom stereocenters. The third-order valence-electron chi connectivity index (χ3n) is 3.15. The number of furan rings is 1. The van der Waals surface area contributed by atoms with Gasteiger partial charge >= 0.3 is 0 Å². The van der Waals surface area contributed by atoms with Gasteiger partial charge in [-0.25, -0.2) is 0 Å². The first-order chi connectivity index (χ1) is 7.59. The fourth-order valence-electron chi connectivity index (χ4n) is 2.54. The van der Waals surface area contributed by atoms with Crippen LogP contribution in [0.2, 0.25) is 0 Å². The van der Waals surface area contributed by atoms with Gasteiger partial charge in [-0.2, -0.15) is 0 Å². The van der Waals surface area contributed by atoms with Crippen LogP contribution in [-0.2, 0) is 0 Å². The molecule has 5 heteroatoms. The largest absolute Gasteiger partial charge is 0.468 e. The maximum absolute atomic E-state index is 5.61. The second kappa shape index (κ2) is 7.39. The number of halogens is 2. The van der Waals surface area contributed by atoms with Crippen LogP contribution >= 0.6 is 24.8 Å². The molecule has 0 bridgehead atoms. The predicted octanol–water partition coefficient (Wildman–Crippen LogP) is 3.12. The van der Waals surface area contributed by atoms with E-state index in [-0.39, 0.29) is 30.2 Å². The third-order valence-corrected chi connectivity index (χ3v) is 3.15. The van der Waals surface area contributed by atoms with Crippen molar-refractivity contribution in [1.82, 2.24) is 10.2 Å². The first kappa shape index (κ1) is 17.8. The van der Waals surface area contributed by atoms with Gasteiger partial charge < -0.3 is 9.73 Å². The molecule has 1 aromatic rings. The van der Waals surface area contributed by atoms with Gasteiger partial charge in [0, 0.05) is 26.2 Å². The topological polar surface area (TPSA) is 28.4 Å². The summed E-state index contributed by atoms with van der Waals surface area (Å²) in [5, 5.41) is 3.39. The molecule has 106 valence electrons. The highest BCUT2D eigenvalue weighted by Crippen LogP contribution is 2.38. The summed E-state index contributed by atoms with van der Waals surface area (Å²) in [5.41, 5.74) is 0.204. The van der Waals surface area contributed by atoms with Crippen LogP contribution in [0.25, 0.3) is 0 Å². The highest BCUT2D eigenvalue weighted by Gasteiger charge is 2.34. The van der Waals surface area contributed by atoms with Crippen LogP contribution < -0.4 is 5.32 Å². The van der Waals surface area contributed by atoms with E-state index in [4.69, 9.17) is 4.42 Å². The normalized spacial score (nSPS) is 18.6. The lowest BCUT2D eigenvalue weighted by atomic mass is 9.84. The van der Waals surface area contributed by atoms with Crippen molar-refractivity contribution in [2.75, 3.05) is 26.2 Å². The van der Waals surface area contributed by atoms with Crippen LogP contribution in [-0.4, -0.2) is 31.1 Å². The predicted molar refractivity (Wildman–Crippen MR) is 79.8 cm³/mol. The van der Waals surface area contributed by atoms with E-state index in [0.717, 1.165) is 31.9 Å². The van der Waals surface area contributed by atoms with Gasteiger partial charge in [0.05, 0.1) is 12.3 Å². The van der Waals surface area contributed by atoms with Gasteiger partial charge in [-0.15, -0.1) is 24.8 Å². The SMILES string of the molecule is CC(C)(C)[C@@H](c1ccco1)N1CCNCC1.Cl.Cl. The van der Waals surface area contributed by atoms with Gasteiger partial charge in [-0.05, 0) is 17.5 Å². The Labute approximate surface area is 122 Å². The average Bonchev–Trinajstić information content (AvgIpc) is 2.71. The van der Waals surface area contributed by atoms with Gasteiger partial charge in [0.15, 0.2) is 0 Å². The molecule has 1 aromatic heterocycles. The van der Waals surface area contributed by atoms with Crippen LogP contribution in [0.3, 0.4) is 0 Å². The van der Waals surface area contributed by atoms with Gasteiger partial charge in [0.2, 0.25) is 0 Å². The van der Waals surface area contributed by atoms with Crippen molar-refractivity contribution >= 4 is 24.8 Å². The summed E-state index contributed by atoms with van der Waals surface area (Å²) in [5.74, 6) is 1.09. The highest BCUT2D eigenvalue weighted by atomic mass is 35.5. The summed E-state index contributed by atoms with van der Waals surface area (Å²) < 4.78 is 5.61. The fraction of sp³-hybridized carbons (Fsp3) is 0.692. The van der Waals surface area contributed by atoms with Gasteiger partial charge in [-0.3, -0.25) is 4.90 Å². The fourth-order valence-corrected chi connectivity index (χ4v) is 2.54. The number of nitrogens with one attached hydrogen (secondary N) is 1. The molecule has 0 aromatic carbocycles. The van der Waals surface area contributed by atoms with E-state index < -0.39 is 0 Å². The van der Waals surface area contributed by atoms with Crippen molar-refractivity contribution < 1.29 is 4.42 Å². The van der Waals surface area contributed by atoms with Gasteiger partial charge in [0.25, 0.3) is 0 Å². The summed E-state index contributed by atoms with van der Waals surface area (Å²) in [6.07, 6.45) is 1.77. The third kappa shape index (κ3) is 4.16. The molecule has 1 fully saturated rings. The lowest BCUT2D eigenvalue weighted by Gasteiger charge is -2.41. The number of rotatable bonds is 2. The standard InChI is InChI=1S/C13H22N2O.2ClH/c1-13(2,3)12(11-5-4-10-16-11)15-8-6-14-7-9-15;;/h4-5,10,12,14H,6-9H2,1-3H3;2*1H/t12-;;/m1../s1. The molecule has 18 heavy (non-hydrogen) atoms. The van der Waals surface area contributed by atoms with E-state index in [9.17, 15) is 0 Å². The zero-order valence-electron chi connectivity index (χ0n) is 11.3. The minimum absolute atomic E-state index is 0. The Balaban J connectivity index is 0.00000144. The van der Waals surface area contributed by atoms with Crippen molar-refractivity contribution in [2.45, 2.75) is 26.8 Å². The van der Waals surface area contributed by atoms with E-state index in [1.165, 1.54) is 0 Å². The summed E-state index contributed by atoms with van der Waals surface area (Å²) in [6.45, 7) is 11.2. The quantitative estimate of drug-likeness (QED) is 0.908. The van der Waals surface area contributed by atoms with Crippen LogP contribution in [0.4, 0.5) is 0 Å². The molecule has 3 nitrogen and oxygen atoms in total. The van der Waals surface area contributed by atoms with Crippen LogP contribution in [0.1, 0.15) is 32.6 Å². The second-order valence-corrected chi connectivity index (χ2v) is 5.57. The maximum atomic E-state index is 5.61. The van der Waals surface area contributed by atoms with Crippen molar-refractivity contribution in [3.8, 4) is 0 Å².